The summed E-state index contributed by atoms with van der Waals surface area (Å²) in [6, 6.07) is 4.33. The lowest BCUT2D eigenvalue weighted by Gasteiger charge is -2.07. The Kier molecular flexibility index (Phi) is 3.28. The average molecular weight is 325 g/mol. The summed E-state index contributed by atoms with van der Waals surface area (Å²) in [7, 11) is 0. The molecule has 12 heteroatoms. The third-order valence-electron chi connectivity index (χ3n) is 2.90. The number of tetrazole rings is 1. The maximum atomic E-state index is 12.7. The molecule has 0 saturated carbocycles. The highest BCUT2D eigenvalue weighted by Crippen LogP contribution is 2.31. The number of nitro benzene ring substituents is 1. The first-order valence-electron chi connectivity index (χ1n) is 6.02. The van der Waals surface area contributed by atoms with E-state index in [0.29, 0.717) is 0 Å². The van der Waals surface area contributed by atoms with Gasteiger partial charge in [0.1, 0.15) is 0 Å². The van der Waals surface area contributed by atoms with Crippen molar-refractivity contribution >= 4 is 5.69 Å². The summed E-state index contributed by atoms with van der Waals surface area (Å²) in [5.41, 5.74) is -1.09. The van der Waals surface area contributed by atoms with Gasteiger partial charge >= 0.3 is 6.18 Å². The molecule has 0 aliphatic rings. The van der Waals surface area contributed by atoms with Crippen LogP contribution in [0.25, 0.3) is 17.1 Å². The van der Waals surface area contributed by atoms with Gasteiger partial charge in [-0.1, -0.05) is 0 Å². The topological polar surface area (TPSA) is 115 Å². The van der Waals surface area contributed by atoms with Crippen molar-refractivity contribution < 1.29 is 18.1 Å². The summed E-state index contributed by atoms with van der Waals surface area (Å²) in [6.45, 7) is 0. The van der Waals surface area contributed by atoms with Crippen molar-refractivity contribution in [2.45, 2.75) is 6.18 Å². The van der Waals surface area contributed by atoms with Crippen LogP contribution in [0.15, 0.2) is 30.5 Å². The molecule has 23 heavy (non-hydrogen) atoms. The molecule has 0 radical (unpaired) electrons. The summed E-state index contributed by atoms with van der Waals surface area (Å²) < 4.78 is 38.9. The molecule has 9 nitrogen and oxygen atoms in total. The minimum absolute atomic E-state index is 0.00670. The zero-order valence-corrected chi connectivity index (χ0v) is 11.0. The van der Waals surface area contributed by atoms with Gasteiger partial charge in [-0.3, -0.25) is 10.1 Å². The third-order valence-corrected chi connectivity index (χ3v) is 2.90. The van der Waals surface area contributed by atoms with Crippen molar-refractivity contribution in [1.29, 1.82) is 0 Å². The Morgan fingerprint density at radius 1 is 1.26 bits per heavy atom. The predicted molar refractivity (Wildman–Crippen MR) is 68.4 cm³/mol. The van der Waals surface area contributed by atoms with Gasteiger partial charge in [-0.25, -0.2) is 4.68 Å². The molecule has 0 aliphatic carbocycles. The number of H-pyrrole nitrogens is 1. The van der Waals surface area contributed by atoms with E-state index in [4.69, 9.17) is 0 Å². The van der Waals surface area contributed by atoms with Gasteiger partial charge in [-0.15, -0.1) is 10.2 Å². The fourth-order valence-corrected chi connectivity index (χ4v) is 1.90. The van der Waals surface area contributed by atoms with E-state index in [9.17, 15) is 23.3 Å². The highest BCUT2D eigenvalue weighted by Gasteiger charge is 2.34. The van der Waals surface area contributed by atoms with E-state index in [2.05, 4.69) is 25.7 Å². The number of rotatable bonds is 3. The zero-order valence-electron chi connectivity index (χ0n) is 11.0. The van der Waals surface area contributed by atoms with E-state index in [0.717, 1.165) is 29.1 Å². The molecule has 0 bridgehead atoms. The molecule has 0 aliphatic heterocycles. The molecule has 1 N–H and O–H groups in total. The number of alkyl halides is 3. The number of nitro groups is 1. The fraction of sp³-hybridized carbons (Fsp3) is 0.0909. The summed E-state index contributed by atoms with van der Waals surface area (Å²) in [6.07, 6.45) is -3.51. The Bertz CT molecular complexity index is 857. The van der Waals surface area contributed by atoms with Gasteiger partial charge in [0.25, 0.3) is 5.69 Å². The third kappa shape index (κ3) is 2.73. The lowest BCUT2D eigenvalue weighted by molar-refractivity contribution is -0.384. The van der Waals surface area contributed by atoms with Crippen molar-refractivity contribution in [3.05, 3.63) is 46.3 Å². The number of halogens is 3. The second-order valence-electron chi connectivity index (χ2n) is 4.34. The molecular weight excluding hydrogens is 319 g/mol. The van der Waals surface area contributed by atoms with Gasteiger partial charge in [0.2, 0.25) is 5.82 Å². The van der Waals surface area contributed by atoms with Crippen LogP contribution in [-0.2, 0) is 6.18 Å². The van der Waals surface area contributed by atoms with Gasteiger partial charge < -0.3 is 0 Å². The van der Waals surface area contributed by atoms with Crippen LogP contribution in [-0.4, -0.2) is 35.3 Å². The van der Waals surface area contributed by atoms with E-state index < -0.39 is 16.8 Å². The monoisotopic (exact) mass is 325 g/mol. The molecule has 2 heterocycles. The molecule has 1 aromatic carbocycles. The standard InChI is InChI=1S/C11H6F3N7O2/c12-11(13,14)9-3-4-20(17-9)8-2-1-6(21(22)23)5-7(8)10-15-18-19-16-10/h1-5H,(H,15,16,18,19). The maximum absolute atomic E-state index is 12.7. The molecule has 3 aromatic rings. The van der Waals surface area contributed by atoms with Crippen molar-refractivity contribution in [3.63, 3.8) is 0 Å². The van der Waals surface area contributed by atoms with Crippen LogP contribution in [0.1, 0.15) is 5.69 Å². The van der Waals surface area contributed by atoms with Crippen LogP contribution in [0.3, 0.4) is 0 Å². The van der Waals surface area contributed by atoms with Crippen molar-refractivity contribution in [3.8, 4) is 17.1 Å². The second kappa shape index (κ2) is 5.15. The second-order valence-corrected chi connectivity index (χ2v) is 4.34. The van der Waals surface area contributed by atoms with Crippen molar-refractivity contribution in [2.24, 2.45) is 0 Å². The molecule has 0 amide bonds. The molecular formula is C11H6F3N7O2. The average Bonchev–Trinajstić information content (AvgIpc) is 3.17. The Labute approximate surface area is 124 Å². The molecule has 3 rings (SSSR count). The summed E-state index contributed by atoms with van der Waals surface area (Å²) >= 11 is 0. The molecule has 0 saturated heterocycles. The Hall–Kier alpha value is -3.31. The summed E-state index contributed by atoms with van der Waals surface area (Å²) in [5.74, 6) is -0.00670. The first-order chi connectivity index (χ1) is 10.9. The van der Waals surface area contributed by atoms with Crippen LogP contribution >= 0.6 is 0 Å². The smallest absolute Gasteiger partial charge is 0.258 e. The molecule has 0 atom stereocenters. The molecule has 2 aromatic heterocycles. The van der Waals surface area contributed by atoms with E-state index in [1.165, 1.54) is 6.07 Å². The number of aromatic amines is 1. The van der Waals surface area contributed by atoms with Crippen LogP contribution in [0.2, 0.25) is 0 Å². The first-order valence-corrected chi connectivity index (χ1v) is 6.02. The number of non-ortho nitro benzene ring substituents is 1. The Morgan fingerprint density at radius 3 is 2.61 bits per heavy atom. The molecule has 0 unspecified atom stereocenters. The van der Waals surface area contributed by atoms with Gasteiger partial charge in [0.15, 0.2) is 5.69 Å². The number of benzene rings is 1. The molecule has 0 spiro atoms. The van der Waals surface area contributed by atoms with Crippen molar-refractivity contribution in [2.75, 3.05) is 0 Å². The quantitative estimate of drug-likeness (QED) is 0.581. The fourth-order valence-electron chi connectivity index (χ4n) is 1.90. The number of aromatic nitrogens is 6. The lowest BCUT2D eigenvalue weighted by atomic mass is 10.1. The minimum Gasteiger partial charge on any atom is -0.258 e. The predicted octanol–water partition coefficient (Wildman–Crippen LogP) is 1.98. The van der Waals surface area contributed by atoms with Gasteiger partial charge in [-0.05, 0) is 17.3 Å². The number of hydrogen-bond donors (Lipinski definition) is 1. The van der Waals surface area contributed by atoms with Gasteiger partial charge in [-0.2, -0.15) is 23.5 Å². The van der Waals surface area contributed by atoms with Crippen LogP contribution in [0.5, 0.6) is 0 Å². The van der Waals surface area contributed by atoms with E-state index in [1.807, 2.05) is 0 Å². The molecule has 0 fully saturated rings. The largest absolute Gasteiger partial charge is 0.435 e. The van der Waals surface area contributed by atoms with Gasteiger partial charge in [0, 0.05) is 18.3 Å². The summed E-state index contributed by atoms with van der Waals surface area (Å²) in [5, 5.41) is 27.2. The Morgan fingerprint density at radius 2 is 2.04 bits per heavy atom. The summed E-state index contributed by atoms with van der Waals surface area (Å²) in [4.78, 5) is 10.2. The van der Waals surface area contributed by atoms with Crippen LogP contribution < -0.4 is 0 Å². The van der Waals surface area contributed by atoms with Crippen molar-refractivity contribution in [1.82, 2.24) is 30.4 Å². The first kappa shape index (κ1) is 14.6. The molecule has 118 valence electrons. The minimum atomic E-state index is -4.60. The normalized spacial score (nSPS) is 11.6. The number of nitrogens with one attached hydrogen (secondary N) is 1. The van der Waals surface area contributed by atoms with Gasteiger partial charge in [0.05, 0.1) is 16.2 Å². The highest BCUT2D eigenvalue weighted by atomic mass is 19.4. The highest BCUT2D eigenvalue weighted by molar-refractivity contribution is 5.69. The number of nitrogens with zero attached hydrogens (tertiary/aromatic N) is 6. The van der Waals surface area contributed by atoms with Crippen LogP contribution in [0.4, 0.5) is 18.9 Å². The lowest BCUT2D eigenvalue weighted by Crippen LogP contribution is -2.08. The number of hydrogen-bond acceptors (Lipinski definition) is 6. The SMILES string of the molecule is O=[N+]([O-])c1ccc(-n2ccc(C(F)(F)F)n2)c(-c2nn[nH]n2)c1. The van der Waals surface area contributed by atoms with Crippen LogP contribution in [0, 0.1) is 10.1 Å². The maximum Gasteiger partial charge on any atom is 0.435 e. The zero-order chi connectivity index (χ0) is 16.6. The Balaban J connectivity index is 2.15. The van der Waals surface area contributed by atoms with E-state index in [1.54, 1.807) is 0 Å². The van der Waals surface area contributed by atoms with E-state index in [-0.39, 0.29) is 22.8 Å². The van der Waals surface area contributed by atoms with E-state index >= 15 is 0 Å².